The minimum atomic E-state index is 1.11. The highest BCUT2D eigenvalue weighted by atomic mass is 15.1. The first kappa shape index (κ1) is 9.37. The van der Waals surface area contributed by atoms with E-state index >= 15 is 0 Å². The van der Waals surface area contributed by atoms with Crippen molar-refractivity contribution in [1.29, 1.82) is 0 Å². The molecule has 0 bridgehead atoms. The smallest absolute Gasteiger partial charge is 0.0211 e. The summed E-state index contributed by atoms with van der Waals surface area (Å²) in [6, 6.07) is 0. The molecule has 0 aliphatic carbocycles. The number of allylic oxidation sites excluding steroid dienone is 1. The molecule has 12 heavy (non-hydrogen) atoms. The van der Waals surface area contributed by atoms with Gasteiger partial charge in [-0.2, -0.15) is 0 Å². The molecule has 0 unspecified atom stereocenters. The van der Waals surface area contributed by atoms with Crippen molar-refractivity contribution in [2.45, 2.75) is 32.6 Å². The van der Waals surface area contributed by atoms with Crippen molar-refractivity contribution in [3.05, 3.63) is 24.4 Å². The normalized spacial score (nSPS) is 18.1. The van der Waals surface area contributed by atoms with Crippen LogP contribution in [0.5, 0.6) is 0 Å². The molecule has 0 spiro atoms. The molecule has 1 rings (SSSR count). The summed E-state index contributed by atoms with van der Waals surface area (Å²) in [6.45, 7) is 12.4. The van der Waals surface area contributed by atoms with Crippen LogP contribution in [0, 0.1) is 0 Å². The van der Waals surface area contributed by atoms with E-state index in [2.05, 4.69) is 25.0 Å². The van der Waals surface area contributed by atoms with Gasteiger partial charge in [-0.25, -0.2) is 0 Å². The third kappa shape index (κ3) is 2.72. The second-order valence-corrected chi connectivity index (χ2v) is 3.72. The van der Waals surface area contributed by atoms with Crippen molar-refractivity contribution in [2.24, 2.45) is 0 Å². The second kappa shape index (κ2) is 4.34. The molecule has 0 aromatic carbocycles. The zero-order chi connectivity index (χ0) is 8.97. The zero-order valence-corrected chi connectivity index (χ0v) is 8.10. The standard InChI is InChI=1S/C11H19N/c1-10(2)7-9-12-8-5-4-6-11(12)3/h1,3-9H2,2H3. The van der Waals surface area contributed by atoms with Crippen LogP contribution in [0.3, 0.4) is 0 Å². The fraction of sp³-hybridized carbons (Fsp3) is 0.636. The maximum Gasteiger partial charge on any atom is 0.0211 e. The highest BCUT2D eigenvalue weighted by molar-refractivity contribution is 4.99. The molecule has 1 nitrogen and oxygen atoms in total. The fourth-order valence-corrected chi connectivity index (χ4v) is 1.54. The maximum absolute atomic E-state index is 4.07. The average molecular weight is 165 g/mol. The number of piperidine rings is 1. The summed E-state index contributed by atoms with van der Waals surface area (Å²) >= 11 is 0. The lowest BCUT2D eigenvalue weighted by atomic mass is 10.1. The summed E-state index contributed by atoms with van der Waals surface area (Å²) in [5, 5.41) is 0. The first-order valence-corrected chi connectivity index (χ1v) is 4.77. The summed E-state index contributed by atoms with van der Waals surface area (Å²) in [6.07, 6.45) is 4.95. The Kier molecular flexibility index (Phi) is 3.39. The van der Waals surface area contributed by atoms with Crippen molar-refractivity contribution in [1.82, 2.24) is 4.90 Å². The third-order valence-corrected chi connectivity index (χ3v) is 2.40. The Hall–Kier alpha value is -0.720. The molecule has 1 aliphatic heterocycles. The van der Waals surface area contributed by atoms with Crippen LogP contribution in [0.2, 0.25) is 0 Å². The Morgan fingerprint density at radius 3 is 2.83 bits per heavy atom. The van der Waals surface area contributed by atoms with Gasteiger partial charge in [-0.05, 0) is 32.6 Å². The fourth-order valence-electron chi connectivity index (χ4n) is 1.54. The number of rotatable bonds is 3. The lowest BCUT2D eigenvalue weighted by molar-refractivity contribution is 0.295. The molecule has 0 atom stereocenters. The second-order valence-electron chi connectivity index (χ2n) is 3.72. The summed E-state index contributed by atoms with van der Waals surface area (Å²) in [4.78, 5) is 2.40. The van der Waals surface area contributed by atoms with Crippen LogP contribution in [0.4, 0.5) is 0 Å². The van der Waals surface area contributed by atoms with Crippen LogP contribution in [0.1, 0.15) is 32.6 Å². The SMILES string of the molecule is C=C(C)CCN1CCCCC1=C. The van der Waals surface area contributed by atoms with Crippen LogP contribution in [-0.4, -0.2) is 18.0 Å². The molecule has 0 aromatic heterocycles. The van der Waals surface area contributed by atoms with Gasteiger partial charge in [0.1, 0.15) is 0 Å². The molecule has 1 aliphatic rings. The summed E-state index contributed by atoms with van der Waals surface area (Å²) in [5.74, 6) is 0. The van der Waals surface area contributed by atoms with Gasteiger partial charge in [0.15, 0.2) is 0 Å². The minimum Gasteiger partial charge on any atom is -0.375 e. The predicted octanol–water partition coefficient (Wildman–Crippen LogP) is 2.95. The first-order valence-electron chi connectivity index (χ1n) is 4.77. The molecular formula is C11H19N. The van der Waals surface area contributed by atoms with Gasteiger partial charge in [-0.3, -0.25) is 0 Å². The van der Waals surface area contributed by atoms with E-state index in [1.54, 1.807) is 0 Å². The van der Waals surface area contributed by atoms with E-state index in [0.717, 1.165) is 13.0 Å². The van der Waals surface area contributed by atoms with Crippen LogP contribution in [0.25, 0.3) is 0 Å². The van der Waals surface area contributed by atoms with Gasteiger partial charge < -0.3 is 4.90 Å². The minimum absolute atomic E-state index is 1.11. The molecule has 0 amide bonds. The van der Waals surface area contributed by atoms with Gasteiger partial charge in [0.2, 0.25) is 0 Å². The van der Waals surface area contributed by atoms with E-state index in [-0.39, 0.29) is 0 Å². The van der Waals surface area contributed by atoms with E-state index in [9.17, 15) is 0 Å². The van der Waals surface area contributed by atoms with E-state index in [4.69, 9.17) is 0 Å². The Morgan fingerprint density at radius 2 is 2.25 bits per heavy atom. The lowest BCUT2D eigenvalue weighted by Gasteiger charge is -2.30. The lowest BCUT2D eigenvalue weighted by Crippen LogP contribution is -2.28. The molecular weight excluding hydrogens is 146 g/mol. The zero-order valence-electron chi connectivity index (χ0n) is 8.10. The molecule has 0 radical (unpaired) electrons. The van der Waals surface area contributed by atoms with Gasteiger partial charge >= 0.3 is 0 Å². The predicted molar refractivity (Wildman–Crippen MR) is 54.0 cm³/mol. The van der Waals surface area contributed by atoms with Crippen molar-refractivity contribution in [3.8, 4) is 0 Å². The molecule has 0 aromatic rings. The van der Waals surface area contributed by atoms with Crippen LogP contribution >= 0.6 is 0 Å². The molecule has 68 valence electrons. The topological polar surface area (TPSA) is 3.24 Å². The highest BCUT2D eigenvalue weighted by Gasteiger charge is 2.11. The van der Waals surface area contributed by atoms with Crippen LogP contribution in [-0.2, 0) is 0 Å². The third-order valence-electron chi connectivity index (χ3n) is 2.40. The molecule has 0 N–H and O–H groups in total. The first-order chi connectivity index (χ1) is 5.70. The molecule has 1 fully saturated rings. The molecule has 1 heteroatoms. The largest absolute Gasteiger partial charge is 0.375 e. The van der Waals surface area contributed by atoms with E-state index in [1.807, 2.05) is 0 Å². The molecule has 0 saturated carbocycles. The van der Waals surface area contributed by atoms with Crippen molar-refractivity contribution in [2.75, 3.05) is 13.1 Å². The summed E-state index contributed by atoms with van der Waals surface area (Å²) in [7, 11) is 0. The summed E-state index contributed by atoms with van der Waals surface area (Å²) in [5.41, 5.74) is 2.59. The van der Waals surface area contributed by atoms with E-state index in [0.29, 0.717) is 0 Å². The van der Waals surface area contributed by atoms with Gasteiger partial charge in [0.05, 0.1) is 0 Å². The average Bonchev–Trinajstić information content (AvgIpc) is 2.03. The van der Waals surface area contributed by atoms with Gasteiger partial charge in [-0.1, -0.05) is 12.2 Å². The Balaban J connectivity index is 2.29. The van der Waals surface area contributed by atoms with Gasteiger partial charge in [0, 0.05) is 18.8 Å². The van der Waals surface area contributed by atoms with Crippen molar-refractivity contribution < 1.29 is 0 Å². The van der Waals surface area contributed by atoms with E-state index < -0.39 is 0 Å². The molecule has 1 saturated heterocycles. The van der Waals surface area contributed by atoms with Gasteiger partial charge in [-0.15, -0.1) is 6.58 Å². The monoisotopic (exact) mass is 165 g/mol. The summed E-state index contributed by atoms with van der Waals surface area (Å²) < 4.78 is 0. The Bertz CT molecular complexity index is 181. The van der Waals surface area contributed by atoms with Gasteiger partial charge in [0.25, 0.3) is 0 Å². The maximum atomic E-state index is 4.07. The highest BCUT2D eigenvalue weighted by Crippen LogP contribution is 2.19. The Morgan fingerprint density at radius 1 is 1.50 bits per heavy atom. The van der Waals surface area contributed by atoms with E-state index in [1.165, 1.54) is 37.1 Å². The quantitative estimate of drug-likeness (QED) is 0.581. The number of hydrogen-bond acceptors (Lipinski definition) is 1. The number of likely N-dealkylation sites (tertiary alicyclic amines) is 1. The van der Waals surface area contributed by atoms with Crippen molar-refractivity contribution >= 4 is 0 Å². The number of nitrogens with zero attached hydrogens (tertiary/aromatic N) is 1. The Labute approximate surface area is 75.8 Å². The van der Waals surface area contributed by atoms with Crippen molar-refractivity contribution in [3.63, 3.8) is 0 Å². The number of hydrogen-bond donors (Lipinski definition) is 0. The van der Waals surface area contributed by atoms with Crippen LogP contribution < -0.4 is 0 Å². The van der Waals surface area contributed by atoms with Crippen LogP contribution in [0.15, 0.2) is 24.4 Å². The molecule has 1 heterocycles.